The van der Waals surface area contributed by atoms with Crippen molar-refractivity contribution in [3.63, 3.8) is 0 Å². The van der Waals surface area contributed by atoms with Crippen molar-refractivity contribution >= 4 is 21.6 Å². The van der Waals surface area contributed by atoms with Crippen molar-refractivity contribution in [1.82, 2.24) is 24.3 Å². The van der Waals surface area contributed by atoms with Gasteiger partial charge in [-0.2, -0.15) is 0 Å². The second kappa shape index (κ2) is 7.19. The van der Waals surface area contributed by atoms with E-state index in [-0.39, 0.29) is 0 Å². The molecule has 1 atom stereocenters. The molecule has 0 aliphatic rings. The highest BCUT2D eigenvalue weighted by Crippen LogP contribution is 2.27. The van der Waals surface area contributed by atoms with Crippen LogP contribution in [0.4, 0.5) is 0 Å². The molecule has 5 nitrogen and oxygen atoms in total. The minimum Gasteiger partial charge on any atom is -0.291 e. The predicted octanol–water partition coefficient (Wildman–Crippen LogP) is 4.91. The number of halogens is 1. The Hall–Kier alpha value is -2.60. The van der Waals surface area contributed by atoms with E-state index in [2.05, 4.69) is 56.9 Å². The van der Waals surface area contributed by atoms with Gasteiger partial charge in [0.25, 0.3) is 0 Å². The average Bonchev–Trinajstić information content (AvgIpc) is 3.04. The minimum atomic E-state index is 0.290. The summed E-state index contributed by atoms with van der Waals surface area (Å²) in [7, 11) is 0. The Balaban J connectivity index is 1.62. The third-order valence-electron chi connectivity index (χ3n) is 4.79. The number of hydrogen-bond donors (Lipinski definition) is 0. The fourth-order valence-electron chi connectivity index (χ4n) is 3.36. The van der Waals surface area contributed by atoms with Gasteiger partial charge in [-0.3, -0.25) is 19.4 Å². The third kappa shape index (κ3) is 3.49. The summed E-state index contributed by atoms with van der Waals surface area (Å²) in [6.07, 6.45) is 10.2. The van der Waals surface area contributed by atoms with Crippen LogP contribution in [0.1, 0.15) is 35.4 Å². The number of aryl methyl sites for hydroxylation is 2. The van der Waals surface area contributed by atoms with E-state index in [0.717, 1.165) is 39.3 Å². The van der Waals surface area contributed by atoms with Gasteiger partial charge in [0.15, 0.2) is 5.65 Å². The lowest BCUT2D eigenvalue weighted by molar-refractivity contribution is 0.735. The maximum Gasteiger partial charge on any atom is 0.159 e. The van der Waals surface area contributed by atoms with Crippen molar-refractivity contribution in [1.29, 1.82) is 0 Å². The van der Waals surface area contributed by atoms with E-state index in [1.54, 1.807) is 0 Å². The number of hydrogen-bond acceptors (Lipinski definition) is 4. The van der Waals surface area contributed by atoms with Gasteiger partial charge in [0.2, 0.25) is 0 Å². The van der Waals surface area contributed by atoms with Crippen LogP contribution in [0.3, 0.4) is 0 Å². The third-order valence-corrected chi connectivity index (χ3v) is 5.38. The number of rotatable bonds is 4. The second-order valence-corrected chi connectivity index (χ2v) is 7.69. The summed E-state index contributed by atoms with van der Waals surface area (Å²) in [4.78, 5) is 18.0. The Kier molecular flexibility index (Phi) is 4.74. The molecule has 0 N–H and O–H groups in total. The highest BCUT2D eigenvalue weighted by atomic mass is 79.9. The molecule has 6 heteroatoms. The molecule has 0 bridgehead atoms. The van der Waals surface area contributed by atoms with Crippen LogP contribution in [0.2, 0.25) is 0 Å². The Morgan fingerprint density at radius 3 is 2.67 bits per heavy atom. The first-order valence-corrected chi connectivity index (χ1v) is 9.68. The first kappa shape index (κ1) is 17.8. The number of fused-ring (bicyclic) bond motifs is 1. The molecular weight excluding hydrogens is 402 g/mol. The number of aromatic nitrogens is 5. The molecule has 27 heavy (non-hydrogen) atoms. The van der Waals surface area contributed by atoms with Crippen molar-refractivity contribution in [2.75, 3.05) is 0 Å². The van der Waals surface area contributed by atoms with E-state index >= 15 is 0 Å². The maximum absolute atomic E-state index is 4.74. The zero-order chi connectivity index (χ0) is 19.0. The summed E-state index contributed by atoms with van der Waals surface area (Å²) in [5.41, 5.74) is 7.36. The number of nitrogens with zero attached hydrogens (tertiary/aromatic N) is 5. The number of imidazole rings is 1. The van der Waals surface area contributed by atoms with Crippen LogP contribution < -0.4 is 0 Å². The van der Waals surface area contributed by atoms with E-state index in [1.165, 1.54) is 11.1 Å². The fourth-order valence-corrected chi connectivity index (χ4v) is 3.74. The van der Waals surface area contributed by atoms with Crippen molar-refractivity contribution < 1.29 is 0 Å². The van der Waals surface area contributed by atoms with Gasteiger partial charge in [0.05, 0.1) is 17.6 Å². The first-order valence-electron chi connectivity index (χ1n) is 8.89. The van der Waals surface area contributed by atoms with Crippen molar-refractivity contribution in [2.24, 2.45) is 0 Å². The van der Waals surface area contributed by atoms with E-state index < -0.39 is 0 Å². The normalized spacial score (nSPS) is 12.4. The van der Waals surface area contributed by atoms with Crippen molar-refractivity contribution in [2.45, 2.75) is 33.1 Å². The molecule has 0 aliphatic carbocycles. The van der Waals surface area contributed by atoms with Crippen LogP contribution in [0.25, 0.3) is 16.9 Å². The van der Waals surface area contributed by atoms with Gasteiger partial charge in [-0.15, -0.1) is 0 Å². The SMILES string of the molecule is Cc1cc(-c2ncc(C(C)Cc3nccn4c(Br)cnc34)cc2C)ccn1. The molecule has 0 aromatic carbocycles. The zero-order valence-corrected chi connectivity index (χ0v) is 17.1. The van der Waals surface area contributed by atoms with Gasteiger partial charge in [0, 0.05) is 42.5 Å². The van der Waals surface area contributed by atoms with Gasteiger partial charge >= 0.3 is 0 Å². The maximum atomic E-state index is 4.74. The lowest BCUT2D eigenvalue weighted by Gasteiger charge is -2.14. The van der Waals surface area contributed by atoms with E-state index in [1.807, 2.05) is 48.4 Å². The van der Waals surface area contributed by atoms with Gasteiger partial charge in [-0.05, 0) is 59.0 Å². The van der Waals surface area contributed by atoms with Crippen LogP contribution in [-0.4, -0.2) is 24.3 Å². The lowest BCUT2D eigenvalue weighted by atomic mass is 9.95. The monoisotopic (exact) mass is 421 g/mol. The molecule has 4 aromatic heterocycles. The van der Waals surface area contributed by atoms with Crippen molar-refractivity contribution in [3.8, 4) is 11.3 Å². The van der Waals surface area contributed by atoms with Gasteiger partial charge in [-0.1, -0.05) is 13.0 Å². The van der Waals surface area contributed by atoms with Gasteiger partial charge in [-0.25, -0.2) is 4.98 Å². The smallest absolute Gasteiger partial charge is 0.159 e. The molecule has 1 unspecified atom stereocenters. The summed E-state index contributed by atoms with van der Waals surface area (Å²) in [6, 6.07) is 6.30. The first-order chi connectivity index (χ1) is 13.0. The molecule has 0 spiro atoms. The standard InChI is InChI=1S/C21H20BrN5/c1-13(9-18-21-26-12-19(22)27(21)7-6-24-18)17-8-14(2)20(25-11-17)16-4-5-23-15(3)10-16/h4-8,10-13H,9H2,1-3H3. The van der Waals surface area contributed by atoms with Crippen LogP contribution in [0, 0.1) is 13.8 Å². The molecular formula is C21H20BrN5. The van der Waals surface area contributed by atoms with Crippen LogP contribution in [0.5, 0.6) is 0 Å². The predicted molar refractivity (Wildman–Crippen MR) is 110 cm³/mol. The van der Waals surface area contributed by atoms with Crippen molar-refractivity contribution in [3.05, 3.63) is 76.3 Å². The van der Waals surface area contributed by atoms with Crippen LogP contribution >= 0.6 is 15.9 Å². The fraction of sp³-hybridized carbons (Fsp3) is 0.238. The summed E-state index contributed by atoms with van der Waals surface area (Å²) >= 11 is 3.52. The van der Waals surface area contributed by atoms with E-state index in [9.17, 15) is 0 Å². The molecule has 4 aromatic rings. The molecule has 0 saturated heterocycles. The molecule has 136 valence electrons. The molecule has 0 fully saturated rings. The Labute approximate surface area is 166 Å². The summed E-state index contributed by atoms with van der Waals surface area (Å²) < 4.78 is 2.94. The van der Waals surface area contributed by atoms with Crippen LogP contribution in [-0.2, 0) is 6.42 Å². The highest BCUT2D eigenvalue weighted by molar-refractivity contribution is 9.10. The van der Waals surface area contributed by atoms with E-state index in [4.69, 9.17) is 4.98 Å². The summed E-state index contributed by atoms with van der Waals surface area (Å²) in [5, 5.41) is 0. The molecule has 0 saturated carbocycles. The molecule has 0 amide bonds. The topological polar surface area (TPSA) is 56.0 Å². The second-order valence-electron chi connectivity index (χ2n) is 6.87. The highest BCUT2D eigenvalue weighted by Gasteiger charge is 2.14. The van der Waals surface area contributed by atoms with Crippen LogP contribution in [0.15, 0.2) is 53.8 Å². The zero-order valence-electron chi connectivity index (χ0n) is 15.5. The number of pyridine rings is 2. The Morgan fingerprint density at radius 2 is 1.89 bits per heavy atom. The van der Waals surface area contributed by atoms with E-state index in [0.29, 0.717) is 5.92 Å². The molecule has 4 heterocycles. The van der Waals surface area contributed by atoms with Gasteiger partial charge in [0.1, 0.15) is 4.60 Å². The van der Waals surface area contributed by atoms with Gasteiger partial charge < -0.3 is 0 Å². The lowest BCUT2D eigenvalue weighted by Crippen LogP contribution is -2.05. The summed E-state index contributed by atoms with van der Waals surface area (Å²) in [5.74, 6) is 0.290. The Bertz CT molecular complexity index is 1120. The molecule has 0 aliphatic heterocycles. The largest absolute Gasteiger partial charge is 0.291 e. The molecule has 0 radical (unpaired) electrons. The summed E-state index contributed by atoms with van der Waals surface area (Å²) in [6.45, 7) is 6.31. The quantitative estimate of drug-likeness (QED) is 0.469. The minimum absolute atomic E-state index is 0.290. The Morgan fingerprint density at radius 1 is 1.04 bits per heavy atom. The molecule has 4 rings (SSSR count). The average molecular weight is 422 g/mol.